The maximum atomic E-state index is 12.9. The molecule has 1 aromatic heterocycles. The fourth-order valence-electron chi connectivity index (χ4n) is 3.10. The molecule has 2 heterocycles. The Morgan fingerprint density at radius 3 is 2.28 bits per heavy atom. The molecule has 1 aliphatic heterocycles. The summed E-state index contributed by atoms with van der Waals surface area (Å²) in [5.41, 5.74) is 1.19. The van der Waals surface area contributed by atoms with Gasteiger partial charge in [-0.05, 0) is 38.1 Å². The zero-order valence-corrected chi connectivity index (χ0v) is 18.9. The normalized spacial score (nSPS) is 21.1. The van der Waals surface area contributed by atoms with Gasteiger partial charge in [-0.1, -0.05) is 20.8 Å². The van der Waals surface area contributed by atoms with Gasteiger partial charge in [0.2, 0.25) is 10.0 Å². The van der Waals surface area contributed by atoms with E-state index in [9.17, 15) is 13.2 Å². The van der Waals surface area contributed by atoms with Crippen molar-refractivity contribution < 1.29 is 17.9 Å². The number of hydrogen-bond donors (Lipinski definition) is 1. The van der Waals surface area contributed by atoms with Crippen LogP contribution in [0.25, 0.3) is 0 Å². The molecule has 1 saturated heterocycles. The molecule has 1 aromatic carbocycles. The minimum Gasteiger partial charge on any atom is -0.373 e. The van der Waals surface area contributed by atoms with Gasteiger partial charge in [0.1, 0.15) is 0 Å². The van der Waals surface area contributed by atoms with Gasteiger partial charge in [-0.3, -0.25) is 10.1 Å². The second kappa shape index (κ2) is 8.14. The summed E-state index contributed by atoms with van der Waals surface area (Å²) in [6.07, 6.45) is -0.315. The second-order valence-corrected chi connectivity index (χ2v) is 11.1. The Bertz CT molecular complexity index is 968. The first-order valence-electron chi connectivity index (χ1n) is 9.50. The van der Waals surface area contributed by atoms with E-state index in [0.717, 1.165) is 5.69 Å². The van der Waals surface area contributed by atoms with Crippen LogP contribution in [0.15, 0.2) is 34.5 Å². The highest BCUT2D eigenvalue weighted by Crippen LogP contribution is 2.27. The van der Waals surface area contributed by atoms with Crippen molar-refractivity contribution in [2.75, 3.05) is 18.4 Å². The minimum atomic E-state index is -3.63. The van der Waals surface area contributed by atoms with Crippen LogP contribution in [0.4, 0.5) is 5.13 Å². The van der Waals surface area contributed by atoms with Crippen molar-refractivity contribution in [3.63, 3.8) is 0 Å². The number of ether oxygens (including phenoxy) is 1. The number of morpholine rings is 1. The fraction of sp³-hybridized carbons (Fsp3) is 0.500. The van der Waals surface area contributed by atoms with E-state index in [1.54, 1.807) is 0 Å². The molecule has 0 unspecified atom stereocenters. The zero-order valence-electron chi connectivity index (χ0n) is 17.3. The highest BCUT2D eigenvalue weighted by Gasteiger charge is 2.32. The van der Waals surface area contributed by atoms with Gasteiger partial charge in [-0.25, -0.2) is 13.4 Å². The number of aromatic nitrogens is 1. The number of thiazole rings is 1. The molecular formula is C20H27N3O4S2. The number of sulfonamides is 1. The van der Waals surface area contributed by atoms with Crippen LogP contribution >= 0.6 is 11.3 Å². The van der Waals surface area contributed by atoms with Gasteiger partial charge in [0.15, 0.2) is 5.13 Å². The Labute approximate surface area is 176 Å². The van der Waals surface area contributed by atoms with Gasteiger partial charge >= 0.3 is 0 Å². The third-order valence-corrected chi connectivity index (χ3v) is 7.24. The predicted molar refractivity (Wildman–Crippen MR) is 114 cm³/mol. The lowest BCUT2D eigenvalue weighted by atomic mass is 9.93. The molecule has 158 valence electrons. The highest BCUT2D eigenvalue weighted by molar-refractivity contribution is 7.89. The minimum absolute atomic E-state index is 0.0933. The quantitative estimate of drug-likeness (QED) is 0.791. The molecule has 1 fully saturated rings. The summed E-state index contributed by atoms with van der Waals surface area (Å²) in [5, 5.41) is 5.22. The Morgan fingerprint density at radius 2 is 1.76 bits per heavy atom. The summed E-state index contributed by atoms with van der Waals surface area (Å²) in [6.45, 7) is 10.5. The van der Waals surface area contributed by atoms with Crippen LogP contribution in [0.3, 0.4) is 0 Å². The van der Waals surface area contributed by atoms with Crippen molar-refractivity contribution in [2.24, 2.45) is 0 Å². The van der Waals surface area contributed by atoms with Gasteiger partial charge in [-0.15, -0.1) is 11.3 Å². The van der Waals surface area contributed by atoms with Crippen molar-refractivity contribution in [2.45, 2.75) is 57.1 Å². The lowest BCUT2D eigenvalue weighted by molar-refractivity contribution is -0.0440. The van der Waals surface area contributed by atoms with E-state index >= 15 is 0 Å². The number of carbonyl (C=O) groups excluding carboxylic acids is 1. The third kappa shape index (κ3) is 5.03. The lowest BCUT2D eigenvalue weighted by Gasteiger charge is -2.34. The molecule has 0 aliphatic carbocycles. The van der Waals surface area contributed by atoms with Crippen LogP contribution in [0.5, 0.6) is 0 Å². The van der Waals surface area contributed by atoms with E-state index in [1.807, 2.05) is 19.2 Å². The first-order chi connectivity index (χ1) is 13.5. The Kier molecular flexibility index (Phi) is 6.14. The average Bonchev–Trinajstić information content (AvgIpc) is 3.10. The standard InChI is InChI=1S/C20H27N3O4S2/c1-13-10-23(11-14(2)27-13)29(25,26)16-8-6-15(7-9-16)18(24)22-19-21-17(12-28-19)20(3,4)5/h6-9,12-14H,10-11H2,1-5H3,(H,21,22,24)/t13-,14-/m0/s1. The first-order valence-corrected chi connectivity index (χ1v) is 11.8. The topological polar surface area (TPSA) is 88.6 Å². The maximum absolute atomic E-state index is 12.9. The molecule has 2 aromatic rings. The smallest absolute Gasteiger partial charge is 0.257 e. The van der Waals surface area contributed by atoms with Crippen LogP contribution < -0.4 is 5.32 Å². The van der Waals surface area contributed by atoms with Crippen LogP contribution in [0, 0.1) is 0 Å². The summed E-state index contributed by atoms with van der Waals surface area (Å²) in [4.78, 5) is 17.1. The number of carbonyl (C=O) groups is 1. The summed E-state index contributed by atoms with van der Waals surface area (Å²) in [7, 11) is -3.63. The fourth-order valence-corrected chi connectivity index (χ4v) is 5.62. The van der Waals surface area contributed by atoms with Gasteiger partial charge in [0.05, 0.1) is 22.8 Å². The molecule has 0 bridgehead atoms. The Hall–Kier alpha value is -1.81. The van der Waals surface area contributed by atoms with Crippen molar-refractivity contribution in [1.29, 1.82) is 0 Å². The Balaban J connectivity index is 1.72. The summed E-state index contributed by atoms with van der Waals surface area (Å²) >= 11 is 1.37. The van der Waals surface area contributed by atoms with E-state index in [0.29, 0.717) is 23.8 Å². The molecule has 2 atom stereocenters. The van der Waals surface area contributed by atoms with E-state index in [1.165, 1.54) is 39.9 Å². The number of hydrogen-bond acceptors (Lipinski definition) is 6. The predicted octanol–water partition coefficient (Wildman–Crippen LogP) is 3.49. The van der Waals surface area contributed by atoms with Gasteiger partial charge in [-0.2, -0.15) is 4.31 Å². The van der Waals surface area contributed by atoms with Crippen molar-refractivity contribution >= 4 is 32.4 Å². The maximum Gasteiger partial charge on any atom is 0.257 e. The van der Waals surface area contributed by atoms with Crippen molar-refractivity contribution in [3.8, 4) is 0 Å². The van der Waals surface area contributed by atoms with Crippen molar-refractivity contribution in [3.05, 3.63) is 40.9 Å². The van der Waals surface area contributed by atoms with Crippen molar-refractivity contribution in [1.82, 2.24) is 9.29 Å². The molecule has 3 rings (SSSR count). The molecule has 0 spiro atoms. The third-order valence-electron chi connectivity index (χ3n) is 4.63. The number of benzene rings is 1. The molecule has 0 radical (unpaired) electrons. The SMILES string of the molecule is C[C@H]1CN(S(=O)(=O)c2ccc(C(=O)Nc3nc(C(C)(C)C)cs3)cc2)C[C@H](C)O1. The highest BCUT2D eigenvalue weighted by atomic mass is 32.2. The van der Waals surface area contributed by atoms with Crippen LogP contribution in [0.1, 0.15) is 50.7 Å². The largest absolute Gasteiger partial charge is 0.373 e. The Morgan fingerprint density at radius 1 is 1.17 bits per heavy atom. The molecule has 0 saturated carbocycles. The molecule has 29 heavy (non-hydrogen) atoms. The first kappa shape index (κ1) is 21.9. The number of nitrogens with zero attached hydrogens (tertiary/aromatic N) is 2. The monoisotopic (exact) mass is 437 g/mol. The lowest BCUT2D eigenvalue weighted by Crippen LogP contribution is -2.48. The molecule has 1 N–H and O–H groups in total. The van der Waals surface area contributed by atoms with E-state index in [2.05, 4.69) is 31.1 Å². The van der Waals surface area contributed by atoms with Gasteiger partial charge in [0, 0.05) is 29.4 Å². The number of nitrogens with one attached hydrogen (secondary N) is 1. The van der Waals surface area contributed by atoms with E-state index < -0.39 is 10.0 Å². The molecule has 9 heteroatoms. The molecule has 1 aliphatic rings. The summed E-state index contributed by atoms with van der Waals surface area (Å²) in [6, 6.07) is 5.98. The number of anilines is 1. The number of rotatable bonds is 4. The van der Waals surface area contributed by atoms with Crippen LogP contribution in [-0.2, 0) is 20.2 Å². The second-order valence-electron chi connectivity index (χ2n) is 8.35. The van der Waals surface area contributed by atoms with Gasteiger partial charge in [0.25, 0.3) is 5.91 Å². The van der Waals surface area contributed by atoms with E-state index in [-0.39, 0.29) is 28.4 Å². The summed E-state index contributed by atoms with van der Waals surface area (Å²) < 4.78 is 32.9. The molecular weight excluding hydrogens is 410 g/mol. The zero-order chi connectivity index (χ0) is 21.4. The average molecular weight is 438 g/mol. The van der Waals surface area contributed by atoms with Gasteiger partial charge < -0.3 is 4.74 Å². The number of amides is 1. The van der Waals surface area contributed by atoms with Crippen LogP contribution in [-0.4, -0.2) is 48.9 Å². The summed E-state index contributed by atoms with van der Waals surface area (Å²) in [5.74, 6) is -0.322. The molecule has 7 nitrogen and oxygen atoms in total. The molecule has 1 amide bonds. The van der Waals surface area contributed by atoms with Crippen LogP contribution in [0.2, 0.25) is 0 Å². The van der Waals surface area contributed by atoms with E-state index in [4.69, 9.17) is 4.74 Å².